The van der Waals surface area contributed by atoms with Crippen molar-refractivity contribution < 1.29 is 8.78 Å². The van der Waals surface area contributed by atoms with Gasteiger partial charge in [-0.1, -0.05) is 11.6 Å². The number of fused-ring (bicyclic) bond motifs is 1. The molecule has 0 saturated carbocycles. The molecular weight excluding hydrogens is 208 g/mol. The van der Waals surface area contributed by atoms with Crippen LogP contribution in [-0.4, -0.2) is 4.98 Å². The molecular formula is C10H6ClF2N. The highest BCUT2D eigenvalue weighted by molar-refractivity contribution is 6.29. The molecule has 0 N–H and O–H groups in total. The van der Waals surface area contributed by atoms with Gasteiger partial charge in [0.1, 0.15) is 17.6 Å². The molecule has 0 spiro atoms. The zero-order valence-corrected chi connectivity index (χ0v) is 7.85. The first kappa shape index (κ1) is 9.34. The van der Waals surface area contributed by atoms with Crippen molar-refractivity contribution >= 4 is 22.5 Å². The number of hydrogen-bond acceptors (Lipinski definition) is 1. The minimum absolute atomic E-state index is 0.177. The maximum atomic E-state index is 12.8. The second-order valence-corrected chi connectivity index (χ2v) is 3.29. The quantitative estimate of drug-likeness (QED) is 0.661. The van der Waals surface area contributed by atoms with Gasteiger partial charge in [-0.15, -0.1) is 0 Å². The number of alkyl halides is 1. The average molecular weight is 214 g/mol. The minimum atomic E-state index is -0.635. The van der Waals surface area contributed by atoms with E-state index in [0.29, 0.717) is 16.5 Å². The molecule has 0 amide bonds. The second-order valence-electron chi connectivity index (χ2n) is 2.90. The SMILES string of the molecule is FCc1cc(Cl)nc2cc(F)ccc12. The Morgan fingerprint density at radius 3 is 2.79 bits per heavy atom. The van der Waals surface area contributed by atoms with E-state index >= 15 is 0 Å². The molecule has 0 aliphatic carbocycles. The Kier molecular flexibility index (Phi) is 2.33. The number of nitrogens with zero attached hydrogens (tertiary/aromatic N) is 1. The standard InChI is InChI=1S/C10H6ClF2N/c11-10-3-6(5-12)8-2-1-7(13)4-9(8)14-10/h1-4H,5H2. The first-order valence-corrected chi connectivity index (χ1v) is 4.39. The predicted octanol–water partition coefficient (Wildman–Crippen LogP) is 3.50. The fraction of sp³-hybridized carbons (Fsp3) is 0.100. The lowest BCUT2D eigenvalue weighted by atomic mass is 10.1. The lowest BCUT2D eigenvalue weighted by molar-refractivity contribution is 0.487. The Hall–Kier alpha value is -1.22. The molecule has 0 fully saturated rings. The molecule has 1 aromatic carbocycles. The van der Waals surface area contributed by atoms with Crippen molar-refractivity contribution in [2.24, 2.45) is 0 Å². The molecule has 0 unspecified atom stereocenters. The smallest absolute Gasteiger partial charge is 0.130 e. The van der Waals surface area contributed by atoms with E-state index in [2.05, 4.69) is 4.98 Å². The van der Waals surface area contributed by atoms with Gasteiger partial charge in [-0.3, -0.25) is 0 Å². The molecule has 72 valence electrons. The number of hydrogen-bond donors (Lipinski definition) is 0. The van der Waals surface area contributed by atoms with Crippen LogP contribution >= 0.6 is 11.6 Å². The summed E-state index contributed by atoms with van der Waals surface area (Å²) in [7, 11) is 0. The molecule has 2 aromatic rings. The average Bonchev–Trinajstić information content (AvgIpc) is 2.15. The monoisotopic (exact) mass is 213 g/mol. The van der Waals surface area contributed by atoms with Crippen molar-refractivity contribution in [2.45, 2.75) is 6.67 Å². The van der Waals surface area contributed by atoms with E-state index in [9.17, 15) is 8.78 Å². The topological polar surface area (TPSA) is 12.9 Å². The summed E-state index contributed by atoms with van der Waals surface area (Å²) < 4.78 is 25.4. The van der Waals surface area contributed by atoms with Crippen LogP contribution in [0.25, 0.3) is 10.9 Å². The van der Waals surface area contributed by atoms with Crippen LogP contribution in [0.1, 0.15) is 5.56 Å². The molecule has 0 radical (unpaired) electrons. The molecule has 0 aliphatic heterocycles. The van der Waals surface area contributed by atoms with Crippen molar-refractivity contribution in [1.29, 1.82) is 0 Å². The summed E-state index contributed by atoms with van der Waals surface area (Å²) in [6.07, 6.45) is 0. The molecule has 1 nitrogen and oxygen atoms in total. The van der Waals surface area contributed by atoms with E-state index in [1.165, 1.54) is 24.3 Å². The van der Waals surface area contributed by atoms with Crippen molar-refractivity contribution in [2.75, 3.05) is 0 Å². The molecule has 0 saturated heterocycles. The summed E-state index contributed by atoms with van der Waals surface area (Å²) in [6.45, 7) is -0.635. The largest absolute Gasteiger partial charge is 0.246 e. The molecule has 14 heavy (non-hydrogen) atoms. The van der Waals surface area contributed by atoms with Crippen LogP contribution in [0.5, 0.6) is 0 Å². The van der Waals surface area contributed by atoms with Crippen LogP contribution in [0, 0.1) is 5.82 Å². The zero-order chi connectivity index (χ0) is 10.1. The first-order chi connectivity index (χ1) is 6.70. The Morgan fingerprint density at radius 2 is 2.07 bits per heavy atom. The number of benzene rings is 1. The van der Waals surface area contributed by atoms with Gasteiger partial charge < -0.3 is 0 Å². The summed E-state index contributed by atoms with van der Waals surface area (Å²) in [6, 6.07) is 5.46. The molecule has 0 atom stereocenters. The lowest BCUT2D eigenvalue weighted by Crippen LogP contribution is -1.88. The maximum absolute atomic E-state index is 12.8. The normalized spacial score (nSPS) is 10.8. The van der Waals surface area contributed by atoms with Crippen molar-refractivity contribution in [3.63, 3.8) is 0 Å². The van der Waals surface area contributed by atoms with Gasteiger partial charge in [0.05, 0.1) is 5.52 Å². The van der Waals surface area contributed by atoms with Crippen LogP contribution < -0.4 is 0 Å². The number of pyridine rings is 1. The van der Waals surface area contributed by atoms with E-state index in [4.69, 9.17) is 11.6 Å². The Morgan fingerprint density at radius 1 is 1.29 bits per heavy atom. The molecule has 1 aromatic heterocycles. The number of aromatic nitrogens is 1. The highest BCUT2D eigenvalue weighted by Gasteiger charge is 2.05. The van der Waals surface area contributed by atoms with Gasteiger partial charge in [-0.05, 0) is 23.8 Å². The van der Waals surface area contributed by atoms with Gasteiger partial charge in [-0.2, -0.15) is 0 Å². The van der Waals surface area contributed by atoms with Gasteiger partial charge in [0, 0.05) is 11.5 Å². The van der Waals surface area contributed by atoms with Crippen LogP contribution in [0.2, 0.25) is 5.15 Å². The van der Waals surface area contributed by atoms with Crippen molar-refractivity contribution in [1.82, 2.24) is 4.98 Å². The summed E-state index contributed by atoms with van der Waals surface area (Å²) in [5.74, 6) is -0.405. The van der Waals surface area contributed by atoms with E-state index in [1.807, 2.05) is 0 Å². The fourth-order valence-electron chi connectivity index (χ4n) is 1.35. The van der Waals surface area contributed by atoms with E-state index < -0.39 is 12.5 Å². The molecule has 4 heteroatoms. The van der Waals surface area contributed by atoms with E-state index in [0.717, 1.165) is 0 Å². The van der Waals surface area contributed by atoms with Crippen LogP contribution in [0.3, 0.4) is 0 Å². The minimum Gasteiger partial charge on any atom is -0.246 e. The van der Waals surface area contributed by atoms with Gasteiger partial charge in [0.25, 0.3) is 0 Å². The van der Waals surface area contributed by atoms with Crippen LogP contribution in [0.4, 0.5) is 8.78 Å². The van der Waals surface area contributed by atoms with E-state index in [1.54, 1.807) is 0 Å². The summed E-state index contributed by atoms with van der Waals surface area (Å²) >= 11 is 5.65. The second kappa shape index (κ2) is 3.50. The van der Waals surface area contributed by atoms with Gasteiger partial charge in [0.15, 0.2) is 0 Å². The highest BCUT2D eigenvalue weighted by Crippen LogP contribution is 2.22. The lowest BCUT2D eigenvalue weighted by Gasteiger charge is -2.03. The summed E-state index contributed by atoms with van der Waals surface area (Å²) in [5.41, 5.74) is 0.810. The molecule has 2 rings (SSSR count). The van der Waals surface area contributed by atoms with Gasteiger partial charge >= 0.3 is 0 Å². The number of halogens is 3. The third kappa shape index (κ3) is 1.55. The third-order valence-electron chi connectivity index (χ3n) is 1.97. The fourth-order valence-corrected chi connectivity index (χ4v) is 1.57. The van der Waals surface area contributed by atoms with Crippen molar-refractivity contribution in [3.05, 3.63) is 40.8 Å². The molecule has 0 aliphatic rings. The summed E-state index contributed by atoms with van der Waals surface area (Å²) in [5, 5.41) is 0.772. The molecule has 0 bridgehead atoms. The van der Waals surface area contributed by atoms with Crippen LogP contribution in [0.15, 0.2) is 24.3 Å². The third-order valence-corrected chi connectivity index (χ3v) is 2.16. The first-order valence-electron chi connectivity index (χ1n) is 4.01. The Balaban J connectivity index is 2.81. The predicted molar refractivity (Wildman–Crippen MR) is 51.5 cm³/mol. The maximum Gasteiger partial charge on any atom is 0.130 e. The van der Waals surface area contributed by atoms with Gasteiger partial charge in [-0.25, -0.2) is 13.8 Å². The van der Waals surface area contributed by atoms with Crippen LogP contribution in [-0.2, 0) is 6.67 Å². The molecule has 1 heterocycles. The number of rotatable bonds is 1. The summed E-state index contributed by atoms with van der Waals surface area (Å²) in [4.78, 5) is 3.90. The Bertz CT molecular complexity index is 480. The zero-order valence-electron chi connectivity index (χ0n) is 7.10. The Labute approximate surface area is 84.3 Å². The van der Waals surface area contributed by atoms with Crippen molar-refractivity contribution in [3.8, 4) is 0 Å². The van der Waals surface area contributed by atoms with Gasteiger partial charge in [0.2, 0.25) is 0 Å². The van der Waals surface area contributed by atoms with E-state index in [-0.39, 0.29) is 5.15 Å². The highest BCUT2D eigenvalue weighted by atomic mass is 35.5.